The highest BCUT2D eigenvalue weighted by Gasteiger charge is 2.17. The molecular formula is C15H20ClN3O2. The fourth-order valence-electron chi connectivity index (χ4n) is 2.79. The molecule has 1 aliphatic heterocycles. The third-order valence-corrected chi connectivity index (χ3v) is 4.16. The second-order valence-corrected chi connectivity index (χ2v) is 5.55. The van der Waals surface area contributed by atoms with Crippen LogP contribution in [0.2, 0.25) is 0 Å². The van der Waals surface area contributed by atoms with Crippen molar-refractivity contribution in [2.75, 3.05) is 13.7 Å². The average Bonchev–Trinajstić information content (AvgIpc) is 2.90. The van der Waals surface area contributed by atoms with Crippen molar-refractivity contribution in [3.8, 4) is 5.88 Å². The van der Waals surface area contributed by atoms with Crippen LogP contribution in [-0.2, 0) is 17.2 Å². The zero-order valence-corrected chi connectivity index (χ0v) is 13.0. The highest BCUT2D eigenvalue weighted by molar-refractivity contribution is 6.16. The number of aromatic nitrogens is 3. The third kappa shape index (κ3) is 3.14. The normalized spacial score (nSPS) is 19.0. The maximum Gasteiger partial charge on any atom is 0.215 e. The van der Waals surface area contributed by atoms with Crippen molar-refractivity contribution < 1.29 is 9.47 Å². The molecule has 3 heterocycles. The summed E-state index contributed by atoms with van der Waals surface area (Å²) in [6.45, 7) is 1.70. The van der Waals surface area contributed by atoms with Gasteiger partial charge in [-0.05, 0) is 31.7 Å². The van der Waals surface area contributed by atoms with Crippen molar-refractivity contribution in [3.63, 3.8) is 0 Å². The Morgan fingerprint density at radius 2 is 2.29 bits per heavy atom. The van der Waals surface area contributed by atoms with Gasteiger partial charge in [-0.25, -0.2) is 4.98 Å². The van der Waals surface area contributed by atoms with Gasteiger partial charge in [0.05, 0.1) is 19.1 Å². The summed E-state index contributed by atoms with van der Waals surface area (Å²) in [5.74, 6) is 1.83. The third-order valence-electron chi connectivity index (χ3n) is 3.92. The molecule has 3 rings (SSSR count). The Bertz CT molecular complexity index is 608. The van der Waals surface area contributed by atoms with Crippen molar-refractivity contribution >= 4 is 22.8 Å². The highest BCUT2D eigenvalue weighted by atomic mass is 35.5. The van der Waals surface area contributed by atoms with E-state index in [0.717, 1.165) is 43.0 Å². The first kappa shape index (κ1) is 14.6. The summed E-state index contributed by atoms with van der Waals surface area (Å²) in [7, 11) is 1.62. The number of methoxy groups -OCH3 is 1. The summed E-state index contributed by atoms with van der Waals surface area (Å²) >= 11 is 6.03. The number of halogens is 1. The number of fused-ring (bicyclic) bond motifs is 1. The molecule has 1 saturated heterocycles. The number of nitrogens with zero attached hydrogens (tertiary/aromatic N) is 3. The van der Waals surface area contributed by atoms with Crippen LogP contribution < -0.4 is 4.74 Å². The Kier molecular flexibility index (Phi) is 4.60. The molecule has 6 heteroatoms. The summed E-state index contributed by atoms with van der Waals surface area (Å²) in [6.07, 6.45) is 4.87. The maximum absolute atomic E-state index is 6.03. The van der Waals surface area contributed by atoms with Gasteiger partial charge >= 0.3 is 0 Å². The van der Waals surface area contributed by atoms with Gasteiger partial charge in [-0.2, -0.15) is 4.98 Å². The molecule has 2 aromatic rings. The van der Waals surface area contributed by atoms with E-state index in [-0.39, 0.29) is 0 Å². The molecule has 5 nitrogen and oxygen atoms in total. The Morgan fingerprint density at radius 3 is 3.00 bits per heavy atom. The molecule has 1 unspecified atom stereocenters. The molecule has 21 heavy (non-hydrogen) atoms. The lowest BCUT2D eigenvalue weighted by Gasteiger charge is -2.22. The molecule has 1 atom stereocenters. The molecule has 1 fully saturated rings. The van der Waals surface area contributed by atoms with E-state index in [1.54, 1.807) is 7.11 Å². The Balaban J connectivity index is 1.84. The van der Waals surface area contributed by atoms with E-state index in [1.165, 1.54) is 12.8 Å². The van der Waals surface area contributed by atoms with Crippen molar-refractivity contribution in [1.29, 1.82) is 0 Å². The molecule has 0 aliphatic carbocycles. The van der Waals surface area contributed by atoms with Gasteiger partial charge in [0.15, 0.2) is 5.65 Å². The van der Waals surface area contributed by atoms with E-state index in [4.69, 9.17) is 21.1 Å². The monoisotopic (exact) mass is 309 g/mol. The standard InChI is InChI=1S/C15H20ClN3O2/c1-20-14-6-5-12-15(18-14)19(13(10-16)17-12)8-7-11-4-2-3-9-21-11/h5-6,11H,2-4,7-10H2,1H3. The summed E-state index contributed by atoms with van der Waals surface area (Å²) in [5.41, 5.74) is 1.69. The predicted molar refractivity (Wildman–Crippen MR) is 81.8 cm³/mol. The number of alkyl halides is 1. The van der Waals surface area contributed by atoms with E-state index in [1.807, 2.05) is 12.1 Å². The first-order valence-corrected chi connectivity index (χ1v) is 7.93. The number of imidazole rings is 1. The van der Waals surface area contributed by atoms with Crippen LogP contribution in [0.3, 0.4) is 0 Å². The summed E-state index contributed by atoms with van der Waals surface area (Å²) in [6, 6.07) is 3.74. The lowest BCUT2D eigenvalue weighted by Crippen LogP contribution is -2.21. The minimum atomic E-state index is 0.338. The van der Waals surface area contributed by atoms with E-state index in [0.29, 0.717) is 17.9 Å². The molecule has 1 aliphatic rings. The topological polar surface area (TPSA) is 49.2 Å². The number of pyridine rings is 1. The van der Waals surface area contributed by atoms with E-state index in [2.05, 4.69) is 14.5 Å². The van der Waals surface area contributed by atoms with Gasteiger partial charge in [0.1, 0.15) is 11.3 Å². The molecule has 2 aromatic heterocycles. The minimum absolute atomic E-state index is 0.338. The molecule has 0 radical (unpaired) electrons. The zero-order valence-electron chi connectivity index (χ0n) is 12.2. The smallest absolute Gasteiger partial charge is 0.215 e. The van der Waals surface area contributed by atoms with Gasteiger partial charge in [-0.3, -0.25) is 0 Å². The number of hydrogen-bond acceptors (Lipinski definition) is 4. The lowest BCUT2D eigenvalue weighted by atomic mass is 10.1. The first-order chi connectivity index (χ1) is 10.3. The van der Waals surface area contributed by atoms with Gasteiger partial charge in [-0.1, -0.05) is 0 Å². The second-order valence-electron chi connectivity index (χ2n) is 5.29. The van der Waals surface area contributed by atoms with Crippen LogP contribution in [0.5, 0.6) is 5.88 Å². The van der Waals surface area contributed by atoms with E-state index in [9.17, 15) is 0 Å². The van der Waals surface area contributed by atoms with Crippen LogP contribution in [0.15, 0.2) is 12.1 Å². The van der Waals surface area contributed by atoms with Gasteiger partial charge in [0, 0.05) is 19.2 Å². The number of aryl methyl sites for hydroxylation is 1. The number of ether oxygens (including phenoxy) is 2. The first-order valence-electron chi connectivity index (χ1n) is 7.39. The Morgan fingerprint density at radius 1 is 1.38 bits per heavy atom. The van der Waals surface area contributed by atoms with Crippen molar-refractivity contribution in [2.45, 2.75) is 44.2 Å². The molecule has 0 spiro atoms. The Hall–Kier alpha value is -1.33. The molecule has 114 valence electrons. The van der Waals surface area contributed by atoms with Crippen LogP contribution in [0.1, 0.15) is 31.5 Å². The van der Waals surface area contributed by atoms with Gasteiger partial charge in [-0.15, -0.1) is 11.6 Å². The second kappa shape index (κ2) is 6.62. The maximum atomic E-state index is 6.03. The SMILES string of the molecule is COc1ccc2nc(CCl)n(CCC3CCCCO3)c2n1. The van der Waals surface area contributed by atoms with Crippen LogP contribution in [0.25, 0.3) is 11.2 Å². The Labute approximate surface area is 129 Å². The highest BCUT2D eigenvalue weighted by Crippen LogP contribution is 2.22. The van der Waals surface area contributed by atoms with E-state index < -0.39 is 0 Å². The van der Waals surface area contributed by atoms with Crippen molar-refractivity contribution in [3.05, 3.63) is 18.0 Å². The molecule has 0 N–H and O–H groups in total. The molecule has 0 saturated carbocycles. The average molecular weight is 310 g/mol. The summed E-state index contributed by atoms with van der Waals surface area (Å²) in [5, 5.41) is 0. The number of hydrogen-bond donors (Lipinski definition) is 0. The quantitative estimate of drug-likeness (QED) is 0.796. The zero-order chi connectivity index (χ0) is 14.7. The lowest BCUT2D eigenvalue weighted by molar-refractivity contribution is 0.00887. The van der Waals surface area contributed by atoms with Crippen molar-refractivity contribution in [1.82, 2.24) is 14.5 Å². The fraction of sp³-hybridized carbons (Fsp3) is 0.600. The summed E-state index contributed by atoms with van der Waals surface area (Å²) < 4.78 is 13.1. The largest absolute Gasteiger partial charge is 0.481 e. The molecular weight excluding hydrogens is 290 g/mol. The van der Waals surface area contributed by atoms with Crippen LogP contribution in [0.4, 0.5) is 0 Å². The number of rotatable bonds is 5. The molecule has 0 aromatic carbocycles. The molecule has 0 amide bonds. The molecule has 0 bridgehead atoms. The van der Waals surface area contributed by atoms with Gasteiger partial charge in [0.2, 0.25) is 5.88 Å². The van der Waals surface area contributed by atoms with Crippen LogP contribution in [-0.4, -0.2) is 34.4 Å². The van der Waals surface area contributed by atoms with E-state index >= 15 is 0 Å². The van der Waals surface area contributed by atoms with Gasteiger partial charge < -0.3 is 14.0 Å². The minimum Gasteiger partial charge on any atom is -0.481 e. The fourth-order valence-corrected chi connectivity index (χ4v) is 2.99. The van der Waals surface area contributed by atoms with Crippen LogP contribution in [0, 0.1) is 0 Å². The predicted octanol–water partition coefficient (Wildman–Crippen LogP) is 3.14. The van der Waals surface area contributed by atoms with Crippen molar-refractivity contribution in [2.24, 2.45) is 0 Å². The van der Waals surface area contributed by atoms with Gasteiger partial charge in [0.25, 0.3) is 0 Å². The summed E-state index contributed by atoms with van der Waals surface area (Å²) in [4.78, 5) is 9.05. The van der Waals surface area contributed by atoms with Crippen LogP contribution >= 0.6 is 11.6 Å².